The molecule has 4 nitrogen and oxygen atoms in total. The Balaban J connectivity index is 2.29. The third-order valence-electron chi connectivity index (χ3n) is 2.12. The molecular formula is C10H8BrNO3. The zero-order valence-electron chi connectivity index (χ0n) is 7.61. The molecule has 0 saturated carbocycles. The van der Waals surface area contributed by atoms with E-state index in [-0.39, 0.29) is 5.88 Å². The molecule has 0 bridgehead atoms. The Morgan fingerprint density at radius 3 is 2.40 bits per heavy atom. The van der Waals surface area contributed by atoms with Gasteiger partial charge >= 0.3 is 0 Å². The van der Waals surface area contributed by atoms with E-state index in [9.17, 15) is 9.90 Å². The standard InChI is InChI=1S/C10H8BrNO3/c11-6-3-1-5(2-4-6)9-7(13)8(14)10(12)15-9/h1-4,9,14H,12H2. The second-order valence-corrected chi connectivity index (χ2v) is 4.04. The molecule has 1 aromatic rings. The van der Waals surface area contributed by atoms with Gasteiger partial charge < -0.3 is 15.6 Å². The third kappa shape index (κ3) is 1.70. The highest BCUT2D eigenvalue weighted by molar-refractivity contribution is 9.10. The average Bonchev–Trinajstić information content (AvgIpc) is 2.47. The number of benzene rings is 1. The van der Waals surface area contributed by atoms with Crippen LogP contribution in [0.2, 0.25) is 0 Å². The molecule has 1 unspecified atom stereocenters. The molecule has 0 saturated heterocycles. The molecule has 5 heteroatoms. The summed E-state index contributed by atoms with van der Waals surface area (Å²) in [5.41, 5.74) is 5.97. The maximum absolute atomic E-state index is 11.5. The number of hydrogen-bond acceptors (Lipinski definition) is 4. The van der Waals surface area contributed by atoms with Gasteiger partial charge in [0.05, 0.1) is 0 Å². The Bertz CT molecular complexity index is 438. The summed E-state index contributed by atoms with van der Waals surface area (Å²) in [6, 6.07) is 7.05. The molecule has 1 aromatic carbocycles. The van der Waals surface area contributed by atoms with Crippen LogP contribution in [0.4, 0.5) is 0 Å². The van der Waals surface area contributed by atoms with E-state index in [0.717, 1.165) is 4.47 Å². The molecule has 0 amide bonds. The first kappa shape index (κ1) is 10.0. The van der Waals surface area contributed by atoms with Crippen LogP contribution >= 0.6 is 15.9 Å². The molecule has 1 atom stereocenters. The number of ketones is 1. The monoisotopic (exact) mass is 269 g/mol. The molecule has 0 radical (unpaired) electrons. The van der Waals surface area contributed by atoms with Gasteiger partial charge in [0.2, 0.25) is 17.4 Å². The van der Waals surface area contributed by atoms with Crippen LogP contribution in [-0.4, -0.2) is 10.9 Å². The predicted octanol–water partition coefficient (Wildman–Crippen LogP) is 1.78. The first-order valence-electron chi connectivity index (χ1n) is 4.24. The van der Waals surface area contributed by atoms with Gasteiger partial charge in [-0.3, -0.25) is 4.79 Å². The lowest BCUT2D eigenvalue weighted by molar-refractivity contribution is -0.123. The molecule has 0 aliphatic carbocycles. The number of aliphatic hydroxyl groups excluding tert-OH is 1. The zero-order chi connectivity index (χ0) is 11.0. The number of nitrogens with two attached hydrogens (primary N) is 1. The lowest BCUT2D eigenvalue weighted by atomic mass is 10.1. The summed E-state index contributed by atoms with van der Waals surface area (Å²) in [4.78, 5) is 11.5. The van der Waals surface area contributed by atoms with Crippen LogP contribution in [0.3, 0.4) is 0 Å². The fourth-order valence-corrected chi connectivity index (χ4v) is 1.60. The highest BCUT2D eigenvalue weighted by atomic mass is 79.9. The number of aliphatic hydroxyl groups is 1. The van der Waals surface area contributed by atoms with Gasteiger partial charge in [0.1, 0.15) is 0 Å². The van der Waals surface area contributed by atoms with Gasteiger partial charge in [-0.15, -0.1) is 0 Å². The van der Waals surface area contributed by atoms with Gasteiger partial charge in [-0.1, -0.05) is 28.1 Å². The van der Waals surface area contributed by atoms with Crippen molar-refractivity contribution in [1.82, 2.24) is 0 Å². The Morgan fingerprint density at radius 1 is 1.33 bits per heavy atom. The Morgan fingerprint density at radius 2 is 1.93 bits per heavy atom. The maximum Gasteiger partial charge on any atom is 0.247 e. The first-order valence-corrected chi connectivity index (χ1v) is 5.04. The molecule has 3 N–H and O–H groups in total. The summed E-state index contributed by atoms with van der Waals surface area (Å²) in [6.45, 7) is 0. The Kier molecular flexibility index (Phi) is 2.40. The normalized spacial score (nSPS) is 20.6. The number of halogens is 1. The van der Waals surface area contributed by atoms with Crippen molar-refractivity contribution in [1.29, 1.82) is 0 Å². The van der Waals surface area contributed by atoms with E-state index >= 15 is 0 Å². The van der Waals surface area contributed by atoms with Crippen LogP contribution in [0.5, 0.6) is 0 Å². The van der Waals surface area contributed by atoms with Gasteiger partial charge in [0.25, 0.3) is 0 Å². The van der Waals surface area contributed by atoms with Crippen molar-refractivity contribution in [3.8, 4) is 0 Å². The minimum atomic E-state index is -0.821. The SMILES string of the molecule is NC1=C(O)C(=O)C(c2ccc(Br)cc2)O1. The summed E-state index contributed by atoms with van der Waals surface area (Å²) < 4.78 is 5.96. The zero-order valence-corrected chi connectivity index (χ0v) is 9.19. The second kappa shape index (κ2) is 3.58. The quantitative estimate of drug-likeness (QED) is 0.815. The van der Waals surface area contributed by atoms with E-state index in [4.69, 9.17) is 10.5 Å². The fourth-order valence-electron chi connectivity index (χ4n) is 1.34. The van der Waals surface area contributed by atoms with Crippen molar-refractivity contribution in [2.75, 3.05) is 0 Å². The molecule has 0 spiro atoms. The molecule has 1 aliphatic rings. The maximum atomic E-state index is 11.5. The lowest BCUT2D eigenvalue weighted by Gasteiger charge is -2.09. The second-order valence-electron chi connectivity index (χ2n) is 3.13. The molecule has 1 heterocycles. The van der Waals surface area contributed by atoms with Crippen molar-refractivity contribution in [2.45, 2.75) is 6.10 Å². The number of carbonyl (C=O) groups excluding carboxylic acids is 1. The molecule has 0 fully saturated rings. The van der Waals surface area contributed by atoms with E-state index in [1.807, 2.05) is 0 Å². The molecule has 78 valence electrons. The fraction of sp³-hybridized carbons (Fsp3) is 0.100. The van der Waals surface area contributed by atoms with E-state index in [0.29, 0.717) is 5.56 Å². The van der Waals surface area contributed by atoms with Gasteiger partial charge in [-0.05, 0) is 12.1 Å². The van der Waals surface area contributed by atoms with Crippen LogP contribution < -0.4 is 5.73 Å². The molecule has 0 aromatic heterocycles. The molecule has 1 aliphatic heterocycles. The number of rotatable bonds is 1. The number of Topliss-reactive ketones (excluding diaryl/α,β-unsaturated/α-hetero) is 1. The Labute approximate surface area is 94.5 Å². The van der Waals surface area contributed by atoms with Crippen LogP contribution in [0.15, 0.2) is 40.4 Å². The summed E-state index contributed by atoms with van der Waals surface area (Å²) in [6.07, 6.45) is -0.821. The van der Waals surface area contributed by atoms with Crippen LogP contribution in [0, 0.1) is 0 Å². The first-order chi connectivity index (χ1) is 7.09. The number of ether oxygens (including phenoxy) is 1. The van der Waals surface area contributed by atoms with Gasteiger partial charge in [0.15, 0.2) is 6.10 Å². The van der Waals surface area contributed by atoms with Crippen molar-refractivity contribution >= 4 is 21.7 Å². The van der Waals surface area contributed by atoms with Crippen molar-refractivity contribution in [2.24, 2.45) is 5.73 Å². The van der Waals surface area contributed by atoms with Gasteiger partial charge in [-0.25, -0.2) is 0 Å². The Hall–Kier alpha value is -1.49. The van der Waals surface area contributed by atoms with Crippen molar-refractivity contribution in [3.05, 3.63) is 45.9 Å². The predicted molar refractivity (Wildman–Crippen MR) is 56.8 cm³/mol. The average molecular weight is 270 g/mol. The minimum Gasteiger partial charge on any atom is -0.501 e. The summed E-state index contributed by atoms with van der Waals surface area (Å²) >= 11 is 3.28. The van der Waals surface area contributed by atoms with E-state index in [2.05, 4.69) is 15.9 Å². The van der Waals surface area contributed by atoms with Crippen LogP contribution in [-0.2, 0) is 9.53 Å². The summed E-state index contributed by atoms with van der Waals surface area (Å²) in [5, 5.41) is 9.22. The number of hydrogen-bond donors (Lipinski definition) is 2. The molecule has 15 heavy (non-hydrogen) atoms. The van der Waals surface area contributed by atoms with Gasteiger partial charge in [-0.2, -0.15) is 0 Å². The van der Waals surface area contributed by atoms with Crippen molar-refractivity contribution < 1.29 is 14.6 Å². The van der Waals surface area contributed by atoms with E-state index in [1.54, 1.807) is 24.3 Å². The number of carbonyl (C=O) groups is 1. The highest BCUT2D eigenvalue weighted by Gasteiger charge is 2.35. The summed E-state index contributed by atoms with van der Waals surface area (Å²) in [7, 11) is 0. The van der Waals surface area contributed by atoms with Crippen molar-refractivity contribution in [3.63, 3.8) is 0 Å². The smallest absolute Gasteiger partial charge is 0.247 e. The van der Waals surface area contributed by atoms with E-state index in [1.165, 1.54) is 0 Å². The van der Waals surface area contributed by atoms with E-state index < -0.39 is 17.6 Å². The third-order valence-corrected chi connectivity index (χ3v) is 2.65. The molecular weight excluding hydrogens is 262 g/mol. The highest BCUT2D eigenvalue weighted by Crippen LogP contribution is 2.30. The minimum absolute atomic E-state index is 0.215. The molecule has 2 rings (SSSR count). The largest absolute Gasteiger partial charge is 0.501 e. The van der Waals surface area contributed by atoms with Crippen LogP contribution in [0.1, 0.15) is 11.7 Å². The van der Waals surface area contributed by atoms with Gasteiger partial charge in [0, 0.05) is 10.0 Å². The summed E-state index contributed by atoms with van der Waals surface area (Å²) in [5.74, 6) is -1.22. The lowest BCUT2D eigenvalue weighted by Crippen LogP contribution is -2.09. The topological polar surface area (TPSA) is 72.5 Å². The van der Waals surface area contributed by atoms with Crippen LogP contribution in [0.25, 0.3) is 0 Å².